The second kappa shape index (κ2) is 5.19. The molecular formula is C8H11F3N2S. The van der Waals surface area contributed by atoms with E-state index in [0.29, 0.717) is 13.0 Å². The van der Waals surface area contributed by atoms with Crippen molar-refractivity contribution in [3.8, 4) is 0 Å². The summed E-state index contributed by atoms with van der Waals surface area (Å²) in [5.74, 6) is 0. The highest BCUT2D eigenvalue weighted by molar-refractivity contribution is 7.13. The van der Waals surface area contributed by atoms with Crippen LogP contribution in [0.2, 0.25) is 0 Å². The highest BCUT2D eigenvalue weighted by atomic mass is 32.1. The van der Waals surface area contributed by atoms with Crippen LogP contribution in [0.3, 0.4) is 0 Å². The fraction of sp³-hybridized carbons (Fsp3) is 0.625. The van der Waals surface area contributed by atoms with Crippen molar-refractivity contribution in [2.24, 2.45) is 0 Å². The van der Waals surface area contributed by atoms with Gasteiger partial charge in [-0.15, -0.1) is 11.3 Å². The summed E-state index contributed by atoms with van der Waals surface area (Å²) >= 11 is 1.44. The van der Waals surface area contributed by atoms with E-state index >= 15 is 0 Å². The number of hydrogen-bond acceptors (Lipinski definition) is 3. The van der Waals surface area contributed by atoms with Gasteiger partial charge in [-0.05, 0) is 12.8 Å². The van der Waals surface area contributed by atoms with E-state index in [2.05, 4.69) is 10.3 Å². The van der Waals surface area contributed by atoms with Gasteiger partial charge in [0.25, 0.3) is 0 Å². The predicted octanol–water partition coefficient (Wildman–Crippen LogP) is 3.29. The monoisotopic (exact) mass is 224 g/mol. The number of aromatic nitrogens is 1. The highest BCUT2D eigenvalue weighted by Gasteiger charge is 2.25. The molecule has 0 aliphatic rings. The lowest BCUT2D eigenvalue weighted by Crippen LogP contribution is -2.08. The van der Waals surface area contributed by atoms with Gasteiger partial charge >= 0.3 is 6.18 Å². The molecule has 0 saturated carbocycles. The molecular weight excluding hydrogens is 213 g/mol. The Balaban J connectivity index is 2.00. The standard InChI is InChI=1S/C8H11F3N2S/c9-8(10,11)3-1-2-4-12-7-13-5-6-14-7/h5-6H,1-4H2,(H,12,13). The molecule has 1 rings (SSSR count). The van der Waals surface area contributed by atoms with Gasteiger partial charge in [-0.25, -0.2) is 4.98 Å². The first-order chi connectivity index (χ1) is 6.58. The maximum absolute atomic E-state index is 11.7. The average molecular weight is 224 g/mol. The molecule has 0 unspecified atom stereocenters. The van der Waals surface area contributed by atoms with Crippen LogP contribution < -0.4 is 5.32 Å². The third-order valence-corrected chi connectivity index (χ3v) is 2.33. The summed E-state index contributed by atoms with van der Waals surface area (Å²) in [5.41, 5.74) is 0. The molecule has 1 aromatic rings. The van der Waals surface area contributed by atoms with Crippen molar-refractivity contribution in [3.05, 3.63) is 11.6 Å². The molecule has 0 aliphatic heterocycles. The fourth-order valence-electron chi connectivity index (χ4n) is 0.957. The van der Waals surface area contributed by atoms with E-state index in [9.17, 15) is 13.2 Å². The Kier molecular flexibility index (Phi) is 4.19. The Morgan fingerprint density at radius 3 is 2.71 bits per heavy atom. The van der Waals surface area contributed by atoms with Crippen molar-refractivity contribution in [2.45, 2.75) is 25.4 Å². The number of nitrogens with zero attached hydrogens (tertiary/aromatic N) is 1. The van der Waals surface area contributed by atoms with E-state index in [0.717, 1.165) is 5.13 Å². The smallest absolute Gasteiger partial charge is 0.362 e. The van der Waals surface area contributed by atoms with Crippen molar-refractivity contribution in [1.29, 1.82) is 0 Å². The van der Waals surface area contributed by atoms with E-state index < -0.39 is 12.6 Å². The minimum absolute atomic E-state index is 0.169. The maximum Gasteiger partial charge on any atom is 0.389 e. The fourth-order valence-corrected chi connectivity index (χ4v) is 1.51. The van der Waals surface area contributed by atoms with Gasteiger partial charge in [-0.3, -0.25) is 0 Å². The Morgan fingerprint density at radius 1 is 1.36 bits per heavy atom. The van der Waals surface area contributed by atoms with Crippen molar-refractivity contribution >= 4 is 16.5 Å². The van der Waals surface area contributed by atoms with Crippen molar-refractivity contribution < 1.29 is 13.2 Å². The van der Waals surface area contributed by atoms with Gasteiger partial charge < -0.3 is 5.32 Å². The first kappa shape index (κ1) is 11.3. The number of thiazole rings is 1. The van der Waals surface area contributed by atoms with Crippen molar-refractivity contribution in [1.82, 2.24) is 4.98 Å². The van der Waals surface area contributed by atoms with E-state index in [4.69, 9.17) is 0 Å². The maximum atomic E-state index is 11.7. The molecule has 80 valence electrons. The molecule has 0 radical (unpaired) electrons. The largest absolute Gasteiger partial charge is 0.389 e. The molecule has 0 atom stereocenters. The van der Waals surface area contributed by atoms with Crippen LogP contribution >= 0.6 is 11.3 Å². The SMILES string of the molecule is FC(F)(F)CCCCNc1nccs1. The summed E-state index contributed by atoms with van der Waals surface area (Å²) in [6, 6.07) is 0. The second-order valence-electron chi connectivity index (χ2n) is 2.84. The Morgan fingerprint density at radius 2 is 2.14 bits per heavy atom. The van der Waals surface area contributed by atoms with Crippen molar-refractivity contribution in [3.63, 3.8) is 0 Å². The van der Waals surface area contributed by atoms with E-state index in [1.807, 2.05) is 5.38 Å². The minimum Gasteiger partial charge on any atom is -0.362 e. The van der Waals surface area contributed by atoms with E-state index in [-0.39, 0.29) is 6.42 Å². The van der Waals surface area contributed by atoms with Crippen LogP contribution in [-0.2, 0) is 0 Å². The van der Waals surface area contributed by atoms with Gasteiger partial charge in [-0.1, -0.05) is 0 Å². The van der Waals surface area contributed by atoms with Crippen LogP contribution in [-0.4, -0.2) is 17.7 Å². The number of unbranched alkanes of at least 4 members (excludes halogenated alkanes) is 1. The normalized spacial score (nSPS) is 11.6. The molecule has 0 spiro atoms. The topological polar surface area (TPSA) is 24.9 Å². The Hall–Kier alpha value is -0.780. The lowest BCUT2D eigenvalue weighted by molar-refractivity contribution is -0.135. The molecule has 0 amide bonds. The van der Waals surface area contributed by atoms with E-state index in [1.54, 1.807) is 6.20 Å². The van der Waals surface area contributed by atoms with Gasteiger partial charge in [0.05, 0.1) is 0 Å². The van der Waals surface area contributed by atoms with Gasteiger partial charge in [0, 0.05) is 24.5 Å². The lowest BCUT2D eigenvalue weighted by atomic mass is 10.2. The van der Waals surface area contributed by atoms with Gasteiger partial charge in [0.1, 0.15) is 0 Å². The third kappa shape index (κ3) is 5.06. The number of alkyl halides is 3. The molecule has 0 saturated heterocycles. The molecule has 0 aliphatic carbocycles. The molecule has 2 nitrogen and oxygen atoms in total. The van der Waals surface area contributed by atoms with Crippen LogP contribution in [0.1, 0.15) is 19.3 Å². The van der Waals surface area contributed by atoms with Crippen LogP contribution in [0.5, 0.6) is 0 Å². The van der Waals surface area contributed by atoms with Gasteiger partial charge in [-0.2, -0.15) is 13.2 Å². The average Bonchev–Trinajstić information content (AvgIpc) is 2.54. The van der Waals surface area contributed by atoms with Gasteiger partial charge in [0.2, 0.25) is 0 Å². The molecule has 0 fully saturated rings. The molecule has 0 bridgehead atoms. The summed E-state index contributed by atoms with van der Waals surface area (Å²) in [6.45, 7) is 0.545. The molecule has 1 aromatic heterocycles. The lowest BCUT2D eigenvalue weighted by Gasteiger charge is -2.05. The highest BCUT2D eigenvalue weighted by Crippen LogP contribution is 2.22. The quantitative estimate of drug-likeness (QED) is 0.776. The Labute approximate surface area is 84.2 Å². The zero-order valence-corrected chi connectivity index (χ0v) is 8.29. The minimum atomic E-state index is -4.03. The Bertz CT molecular complexity index is 246. The first-order valence-electron chi connectivity index (χ1n) is 4.28. The molecule has 0 aromatic carbocycles. The molecule has 6 heteroatoms. The van der Waals surface area contributed by atoms with Crippen LogP contribution in [0, 0.1) is 0 Å². The van der Waals surface area contributed by atoms with Crippen LogP contribution in [0.4, 0.5) is 18.3 Å². The summed E-state index contributed by atoms with van der Waals surface area (Å²) < 4.78 is 35.2. The zero-order chi connectivity index (χ0) is 10.4. The molecule has 1 heterocycles. The van der Waals surface area contributed by atoms with Crippen LogP contribution in [0.15, 0.2) is 11.6 Å². The predicted molar refractivity (Wildman–Crippen MR) is 50.5 cm³/mol. The number of anilines is 1. The van der Waals surface area contributed by atoms with Crippen molar-refractivity contribution in [2.75, 3.05) is 11.9 Å². The second-order valence-corrected chi connectivity index (χ2v) is 3.73. The number of halogens is 3. The summed E-state index contributed by atoms with van der Waals surface area (Å²) in [7, 11) is 0. The summed E-state index contributed by atoms with van der Waals surface area (Å²) in [6.07, 6.45) is -2.39. The molecule has 1 N–H and O–H groups in total. The first-order valence-corrected chi connectivity index (χ1v) is 5.16. The summed E-state index contributed by atoms with van der Waals surface area (Å²) in [4.78, 5) is 3.95. The van der Waals surface area contributed by atoms with Crippen LogP contribution in [0.25, 0.3) is 0 Å². The third-order valence-electron chi connectivity index (χ3n) is 1.60. The molecule has 14 heavy (non-hydrogen) atoms. The van der Waals surface area contributed by atoms with Gasteiger partial charge in [0.15, 0.2) is 5.13 Å². The number of nitrogens with one attached hydrogen (secondary N) is 1. The zero-order valence-electron chi connectivity index (χ0n) is 7.47. The number of rotatable bonds is 5. The van der Waals surface area contributed by atoms with E-state index in [1.165, 1.54) is 11.3 Å². The summed E-state index contributed by atoms with van der Waals surface area (Å²) in [5, 5.41) is 5.53. The number of hydrogen-bond donors (Lipinski definition) is 1.